The highest BCUT2D eigenvalue weighted by Gasteiger charge is 2.23. The van der Waals surface area contributed by atoms with Gasteiger partial charge in [0.25, 0.3) is 0 Å². The van der Waals surface area contributed by atoms with Gasteiger partial charge in [0.2, 0.25) is 5.91 Å². The second kappa shape index (κ2) is 5.52. The van der Waals surface area contributed by atoms with Crippen molar-refractivity contribution in [1.82, 2.24) is 10.6 Å². The van der Waals surface area contributed by atoms with Crippen LogP contribution in [0.25, 0.3) is 0 Å². The molecule has 1 fully saturated rings. The fourth-order valence-electron chi connectivity index (χ4n) is 2.06. The van der Waals surface area contributed by atoms with E-state index in [9.17, 15) is 4.79 Å². The number of amides is 1. The van der Waals surface area contributed by atoms with Gasteiger partial charge in [-0.05, 0) is 44.0 Å². The van der Waals surface area contributed by atoms with Crippen LogP contribution in [0.15, 0.2) is 24.3 Å². The fraction of sp³-hybridized carbons (Fsp3) is 0.462. The molecule has 17 heavy (non-hydrogen) atoms. The van der Waals surface area contributed by atoms with Gasteiger partial charge < -0.3 is 10.6 Å². The molecule has 0 spiro atoms. The van der Waals surface area contributed by atoms with E-state index < -0.39 is 0 Å². The van der Waals surface area contributed by atoms with Gasteiger partial charge in [0.15, 0.2) is 0 Å². The minimum Gasteiger partial charge on any atom is -0.348 e. The molecule has 1 aromatic rings. The Morgan fingerprint density at radius 1 is 1.47 bits per heavy atom. The van der Waals surface area contributed by atoms with E-state index in [4.69, 9.17) is 11.6 Å². The van der Waals surface area contributed by atoms with Gasteiger partial charge in [-0.25, -0.2) is 0 Å². The lowest BCUT2D eigenvalue weighted by molar-refractivity contribution is -0.123. The fourth-order valence-corrected chi connectivity index (χ4v) is 2.18. The second-order valence-corrected chi connectivity index (χ2v) is 4.87. The van der Waals surface area contributed by atoms with Crippen LogP contribution in [0.2, 0.25) is 5.02 Å². The first-order valence-corrected chi connectivity index (χ1v) is 6.34. The van der Waals surface area contributed by atoms with Crippen LogP contribution in [0.1, 0.15) is 31.4 Å². The highest BCUT2D eigenvalue weighted by Crippen LogP contribution is 2.16. The molecule has 92 valence electrons. The molecular weight excluding hydrogens is 236 g/mol. The molecule has 0 saturated carbocycles. The van der Waals surface area contributed by atoms with E-state index in [1.54, 1.807) is 0 Å². The van der Waals surface area contributed by atoms with Crippen molar-refractivity contribution in [3.8, 4) is 0 Å². The van der Waals surface area contributed by atoms with Gasteiger partial charge in [-0.3, -0.25) is 4.79 Å². The van der Waals surface area contributed by atoms with Crippen LogP contribution >= 0.6 is 11.6 Å². The van der Waals surface area contributed by atoms with Crippen LogP contribution in [-0.4, -0.2) is 18.5 Å². The maximum Gasteiger partial charge on any atom is 0.237 e. The zero-order chi connectivity index (χ0) is 12.3. The molecule has 0 aromatic heterocycles. The number of benzene rings is 1. The van der Waals surface area contributed by atoms with Crippen molar-refractivity contribution in [2.24, 2.45) is 0 Å². The Balaban J connectivity index is 1.93. The van der Waals surface area contributed by atoms with Crippen molar-refractivity contribution >= 4 is 17.5 Å². The van der Waals surface area contributed by atoms with Gasteiger partial charge in [-0.15, -0.1) is 0 Å². The SMILES string of the molecule is C[C@H](NC(=O)C1CCCN1)c1ccc(Cl)cc1. The summed E-state index contributed by atoms with van der Waals surface area (Å²) in [6, 6.07) is 7.55. The van der Waals surface area contributed by atoms with Crippen molar-refractivity contribution in [1.29, 1.82) is 0 Å². The minimum atomic E-state index is -0.0234. The third-order valence-corrected chi connectivity index (χ3v) is 3.36. The summed E-state index contributed by atoms with van der Waals surface area (Å²) in [5, 5.41) is 6.91. The van der Waals surface area contributed by atoms with Crippen LogP contribution in [0, 0.1) is 0 Å². The average molecular weight is 253 g/mol. The van der Waals surface area contributed by atoms with Gasteiger partial charge in [0.1, 0.15) is 0 Å². The lowest BCUT2D eigenvalue weighted by Crippen LogP contribution is -2.41. The summed E-state index contributed by atoms with van der Waals surface area (Å²) in [6.45, 7) is 2.92. The van der Waals surface area contributed by atoms with Gasteiger partial charge >= 0.3 is 0 Å². The van der Waals surface area contributed by atoms with Gasteiger partial charge in [-0.1, -0.05) is 23.7 Å². The van der Waals surface area contributed by atoms with Crippen LogP contribution in [0.3, 0.4) is 0 Å². The van der Waals surface area contributed by atoms with E-state index in [2.05, 4.69) is 10.6 Å². The summed E-state index contributed by atoms with van der Waals surface area (Å²) < 4.78 is 0. The van der Waals surface area contributed by atoms with Gasteiger partial charge in [0, 0.05) is 5.02 Å². The third kappa shape index (κ3) is 3.20. The molecular formula is C13H17ClN2O. The Bertz CT molecular complexity index is 385. The zero-order valence-corrected chi connectivity index (χ0v) is 10.6. The largest absolute Gasteiger partial charge is 0.348 e. The summed E-state index contributed by atoms with van der Waals surface area (Å²) >= 11 is 5.83. The molecule has 1 aliphatic heterocycles. The summed E-state index contributed by atoms with van der Waals surface area (Å²) in [7, 11) is 0. The van der Waals surface area contributed by atoms with Gasteiger partial charge in [-0.2, -0.15) is 0 Å². The number of nitrogens with one attached hydrogen (secondary N) is 2. The highest BCUT2D eigenvalue weighted by atomic mass is 35.5. The van der Waals surface area contributed by atoms with Crippen molar-refractivity contribution < 1.29 is 4.79 Å². The molecule has 2 atom stereocenters. The Morgan fingerprint density at radius 3 is 2.76 bits per heavy atom. The number of carbonyl (C=O) groups is 1. The lowest BCUT2D eigenvalue weighted by Gasteiger charge is -2.17. The van der Waals surface area contributed by atoms with Crippen LogP contribution in [-0.2, 0) is 4.79 Å². The molecule has 1 aliphatic rings. The molecule has 4 heteroatoms. The van der Waals surface area contributed by atoms with Gasteiger partial charge in [0.05, 0.1) is 12.1 Å². The molecule has 1 saturated heterocycles. The smallest absolute Gasteiger partial charge is 0.237 e. The standard InChI is InChI=1S/C13H17ClN2O/c1-9(10-4-6-11(14)7-5-10)16-13(17)12-3-2-8-15-12/h4-7,9,12,15H,2-3,8H2,1H3,(H,16,17)/t9-,12?/m0/s1. The minimum absolute atomic E-state index is 0.0159. The number of rotatable bonds is 3. The number of hydrogen-bond donors (Lipinski definition) is 2. The molecule has 0 bridgehead atoms. The molecule has 2 rings (SSSR count). The Labute approximate surface area is 107 Å². The molecule has 1 aromatic carbocycles. The highest BCUT2D eigenvalue weighted by molar-refractivity contribution is 6.30. The molecule has 1 unspecified atom stereocenters. The second-order valence-electron chi connectivity index (χ2n) is 4.43. The van der Waals surface area contributed by atoms with E-state index in [0.29, 0.717) is 5.02 Å². The van der Waals surface area contributed by atoms with Crippen LogP contribution < -0.4 is 10.6 Å². The molecule has 0 radical (unpaired) electrons. The molecule has 2 N–H and O–H groups in total. The summed E-state index contributed by atoms with van der Waals surface area (Å²) in [5.74, 6) is 0.0879. The zero-order valence-electron chi connectivity index (χ0n) is 9.87. The molecule has 3 nitrogen and oxygen atoms in total. The van der Waals surface area contributed by atoms with E-state index in [-0.39, 0.29) is 18.0 Å². The third-order valence-electron chi connectivity index (χ3n) is 3.11. The molecule has 1 heterocycles. The summed E-state index contributed by atoms with van der Waals surface area (Å²) in [5.41, 5.74) is 1.07. The van der Waals surface area contributed by atoms with Crippen molar-refractivity contribution in [2.45, 2.75) is 31.8 Å². The maximum absolute atomic E-state index is 11.9. The monoisotopic (exact) mass is 252 g/mol. The predicted octanol–water partition coefficient (Wildman–Crippen LogP) is 2.27. The quantitative estimate of drug-likeness (QED) is 0.867. The number of halogens is 1. The van der Waals surface area contributed by atoms with E-state index in [0.717, 1.165) is 24.9 Å². The van der Waals surface area contributed by atoms with Crippen LogP contribution in [0.5, 0.6) is 0 Å². The normalized spacial score (nSPS) is 21.2. The first-order chi connectivity index (χ1) is 8.16. The van der Waals surface area contributed by atoms with Crippen molar-refractivity contribution in [2.75, 3.05) is 6.54 Å². The van der Waals surface area contributed by atoms with E-state index >= 15 is 0 Å². The maximum atomic E-state index is 11.9. The Hall–Kier alpha value is -1.06. The van der Waals surface area contributed by atoms with Crippen molar-refractivity contribution in [3.05, 3.63) is 34.9 Å². The Kier molecular flexibility index (Phi) is 4.02. The first-order valence-electron chi connectivity index (χ1n) is 5.96. The number of carbonyl (C=O) groups excluding carboxylic acids is 1. The van der Waals surface area contributed by atoms with E-state index in [1.807, 2.05) is 31.2 Å². The Morgan fingerprint density at radius 2 is 2.18 bits per heavy atom. The summed E-state index contributed by atoms with van der Waals surface area (Å²) in [4.78, 5) is 11.9. The molecule has 0 aliphatic carbocycles. The average Bonchev–Trinajstić information content (AvgIpc) is 2.83. The number of hydrogen-bond acceptors (Lipinski definition) is 2. The summed E-state index contributed by atoms with van der Waals surface area (Å²) in [6.07, 6.45) is 2.01. The predicted molar refractivity (Wildman–Crippen MR) is 69.0 cm³/mol. The lowest BCUT2D eigenvalue weighted by atomic mass is 10.1. The topological polar surface area (TPSA) is 41.1 Å². The van der Waals surface area contributed by atoms with Crippen molar-refractivity contribution in [3.63, 3.8) is 0 Å². The van der Waals surface area contributed by atoms with E-state index in [1.165, 1.54) is 0 Å². The first kappa shape index (κ1) is 12.4. The molecule has 1 amide bonds. The van der Waals surface area contributed by atoms with Crippen LogP contribution in [0.4, 0.5) is 0 Å².